The highest BCUT2D eigenvalue weighted by atomic mass is 16.2. The SMILES string of the molecule is C=CCC1CCCCCN1C(=O)CC. The number of hydrogen-bond acceptors (Lipinski definition) is 1. The van der Waals surface area contributed by atoms with E-state index in [1.54, 1.807) is 0 Å². The van der Waals surface area contributed by atoms with Gasteiger partial charge in [0.05, 0.1) is 0 Å². The number of nitrogens with zero attached hydrogens (tertiary/aromatic N) is 1. The summed E-state index contributed by atoms with van der Waals surface area (Å²) in [5.41, 5.74) is 0. The molecule has 80 valence electrons. The van der Waals surface area contributed by atoms with Gasteiger partial charge in [-0.15, -0.1) is 6.58 Å². The maximum atomic E-state index is 11.7. The molecule has 1 fully saturated rings. The van der Waals surface area contributed by atoms with Crippen molar-refractivity contribution >= 4 is 5.91 Å². The van der Waals surface area contributed by atoms with Gasteiger partial charge in [-0.3, -0.25) is 4.79 Å². The number of rotatable bonds is 3. The second-order valence-electron chi connectivity index (χ2n) is 3.97. The Bertz CT molecular complexity index is 200. The lowest BCUT2D eigenvalue weighted by Gasteiger charge is -2.29. The molecule has 1 aliphatic rings. The van der Waals surface area contributed by atoms with Gasteiger partial charge in [0.15, 0.2) is 0 Å². The smallest absolute Gasteiger partial charge is 0.222 e. The lowest BCUT2D eigenvalue weighted by molar-refractivity contribution is -0.133. The van der Waals surface area contributed by atoms with Gasteiger partial charge in [-0.1, -0.05) is 25.8 Å². The molecule has 0 aromatic heterocycles. The highest BCUT2D eigenvalue weighted by Crippen LogP contribution is 2.20. The van der Waals surface area contributed by atoms with Crippen LogP contribution in [0.1, 0.15) is 45.4 Å². The molecule has 1 amide bonds. The summed E-state index contributed by atoms with van der Waals surface area (Å²) in [6, 6.07) is 0.419. The summed E-state index contributed by atoms with van der Waals surface area (Å²) in [5.74, 6) is 0.304. The van der Waals surface area contributed by atoms with Crippen molar-refractivity contribution in [3.8, 4) is 0 Å². The normalized spacial score (nSPS) is 22.9. The fraction of sp³-hybridized carbons (Fsp3) is 0.750. The Hall–Kier alpha value is -0.790. The van der Waals surface area contributed by atoms with Crippen molar-refractivity contribution in [1.29, 1.82) is 0 Å². The highest BCUT2D eigenvalue weighted by molar-refractivity contribution is 5.76. The van der Waals surface area contributed by atoms with Gasteiger partial charge < -0.3 is 4.90 Å². The third-order valence-electron chi connectivity index (χ3n) is 2.94. The van der Waals surface area contributed by atoms with Crippen LogP contribution < -0.4 is 0 Å². The van der Waals surface area contributed by atoms with Crippen molar-refractivity contribution in [1.82, 2.24) is 4.90 Å². The Balaban J connectivity index is 2.62. The standard InChI is InChI=1S/C12H21NO/c1-3-8-11-9-6-5-7-10-13(11)12(14)4-2/h3,11H,1,4-10H2,2H3. The van der Waals surface area contributed by atoms with Crippen LogP contribution >= 0.6 is 0 Å². The highest BCUT2D eigenvalue weighted by Gasteiger charge is 2.22. The first kappa shape index (κ1) is 11.3. The van der Waals surface area contributed by atoms with Crippen molar-refractivity contribution in [3.63, 3.8) is 0 Å². The zero-order valence-corrected chi connectivity index (χ0v) is 9.17. The maximum Gasteiger partial charge on any atom is 0.222 e. The van der Waals surface area contributed by atoms with Crippen LogP contribution in [0.25, 0.3) is 0 Å². The predicted octanol–water partition coefficient (Wildman–Crippen LogP) is 2.74. The van der Waals surface area contributed by atoms with Gasteiger partial charge in [0.25, 0.3) is 0 Å². The number of amides is 1. The zero-order chi connectivity index (χ0) is 10.4. The third kappa shape index (κ3) is 2.86. The largest absolute Gasteiger partial charge is 0.339 e. The van der Waals surface area contributed by atoms with E-state index in [-0.39, 0.29) is 0 Å². The molecule has 2 heteroatoms. The van der Waals surface area contributed by atoms with E-state index in [9.17, 15) is 4.79 Å². The Morgan fingerprint density at radius 2 is 2.29 bits per heavy atom. The molecule has 0 spiro atoms. The van der Waals surface area contributed by atoms with E-state index in [0.717, 1.165) is 19.4 Å². The monoisotopic (exact) mass is 195 g/mol. The molecule has 0 aromatic rings. The van der Waals surface area contributed by atoms with Crippen LogP contribution in [0.15, 0.2) is 12.7 Å². The molecule has 0 saturated carbocycles. The molecule has 1 rings (SSSR count). The van der Waals surface area contributed by atoms with Crippen molar-refractivity contribution < 1.29 is 4.79 Å². The van der Waals surface area contributed by atoms with Crippen LogP contribution in [0.2, 0.25) is 0 Å². The van der Waals surface area contributed by atoms with E-state index in [4.69, 9.17) is 0 Å². The molecule has 1 aliphatic heterocycles. The van der Waals surface area contributed by atoms with E-state index >= 15 is 0 Å². The second kappa shape index (κ2) is 5.84. The van der Waals surface area contributed by atoms with Crippen LogP contribution in [-0.2, 0) is 4.79 Å². The van der Waals surface area contributed by atoms with Gasteiger partial charge in [-0.05, 0) is 19.3 Å². The minimum Gasteiger partial charge on any atom is -0.339 e. The second-order valence-corrected chi connectivity index (χ2v) is 3.97. The molecule has 1 unspecified atom stereocenters. The number of carbonyl (C=O) groups excluding carboxylic acids is 1. The summed E-state index contributed by atoms with van der Waals surface area (Å²) >= 11 is 0. The van der Waals surface area contributed by atoms with Gasteiger partial charge in [-0.2, -0.15) is 0 Å². The summed E-state index contributed by atoms with van der Waals surface area (Å²) < 4.78 is 0. The Kier molecular flexibility index (Phi) is 4.71. The quantitative estimate of drug-likeness (QED) is 0.634. The van der Waals surface area contributed by atoms with E-state index in [2.05, 4.69) is 11.5 Å². The lowest BCUT2D eigenvalue weighted by Crippen LogP contribution is -2.39. The maximum absolute atomic E-state index is 11.7. The molecule has 14 heavy (non-hydrogen) atoms. The van der Waals surface area contributed by atoms with Gasteiger partial charge in [0.1, 0.15) is 0 Å². The van der Waals surface area contributed by atoms with Crippen molar-refractivity contribution in [2.75, 3.05) is 6.54 Å². The summed E-state index contributed by atoms with van der Waals surface area (Å²) in [4.78, 5) is 13.8. The third-order valence-corrected chi connectivity index (χ3v) is 2.94. The van der Waals surface area contributed by atoms with Gasteiger partial charge in [-0.25, -0.2) is 0 Å². The predicted molar refractivity (Wildman–Crippen MR) is 59.1 cm³/mol. The molecule has 1 heterocycles. The summed E-state index contributed by atoms with van der Waals surface area (Å²) in [5, 5.41) is 0. The van der Waals surface area contributed by atoms with Crippen LogP contribution in [-0.4, -0.2) is 23.4 Å². The lowest BCUT2D eigenvalue weighted by atomic mass is 10.1. The number of likely N-dealkylation sites (tertiary alicyclic amines) is 1. The number of carbonyl (C=O) groups is 1. The van der Waals surface area contributed by atoms with Gasteiger partial charge in [0, 0.05) is 19.0 Å². The Labute approximate surface area is 87.0 Å². The van der Waals surface area contributed by atoms with E-state index in [1.807, 2.05) is 13.0 Å². The molecule has 0 N–H and O–H groups in total. The fourth-order valence-electron chi connectivity index (χ4n) is 2.15. The van der Waals surface area contributed by atoms with Crippen LogP contribution in [0.5, 0.6) is 0 Å². The minimum atomic E-state index is 0.304. The van der Waals surface area contributed by atoms with E-state index in [0.29, 0.717) is 18.4 Å². The first-order valence-electron chi connectivity index (χ1n) is 5.70. The Morgan fingerprint density at radius 3 is 2.93 bits per heavy atom. The van der Waals surface area contributed by atoms with Gasteiger partial charge in [0.2, 0.25) is 5.91 Å². The first-order chi connectivity index (χ1) is 6.79. The average molecular weight is 195 g/mol. The molecule has 1 saturated heterocycles. The molecule has 0 aromatic carbocycles. The van der Waals surface area contributed by atoms with Crippen LogP contribution in [0, 0.1) is 0 Å². The molecular weight excluding hydrogens is 174 g/mol. The summed E-state index contributed by atoms with van der Waals surface area (Å²) in [7, 11) is 0. The van der Waals surface area contributed by atoms with Crippen molar-refractivity contribution in [3.05, 3.63) is 12.7 Å². The number of hydrogen-bond donors (Lipinski definition) is 0. The summed E-state index contributed by atoms with van der Waals surface area (Å²) in [6.45, 7) is 6.66. The van der Waals surface area contributed by atoms with Crippen LogP contribution in [0.3, 0.4) is 0 Å². The summed E-state index contributed by atoms with van der Waals surface area (Å²) in [6.07, 6.45) is 8.36. The van der Waals surface area contributed by atoms with Crippen molar-refractivity contribution in [2.24, 2.45) is 0 Å². The molecule has 0 bridgehead atoms. The molecule has 2 nitrogen and oxygen atoms in total. The van der Waals surface area contributed by atoms with Gasteiger partial charge >= 0.3 is 0 Å². The molecule has 0 radical (unpaired) electrons. The molecule has 1 atom stereocenters. The fourth-order valence-corrected chi connectivity index (χ4v) is 2.15. The topological polar surface area (TPSA) is 20.3 Å². The van der Waals surface area contributed by atoms with Crippen molar-refractivity contribution in [2.45, 2.75) is 51.5 Å². The van der Waals surface area contributed by atoms with Crippen LogP contribution in [0.4, 0.5) is 0 Å². The first-order valence-corrected chi connectivity index (χ1v) is 5.70. The van der Waals surface area contributed by atoms with E-state index in [1.165, 1.54) is 19.3 Å². The molecular formula is C12H21NO. The van der Waals surface area contributed by atoms with E-state index < -0.39 is 0 Å². The minimum absolute atomic E-state index is 0.304. The average Bonchev–Trinajstić information content (AvgIpc) is 2.43. The molecule has 0 aliphatic carbocycles. The zero-order valence-electron chi connectivity index (χ0n) is 9.17. The Morgan fingerprint density at radius 1 is 1.50 bits per heavy atom.